The summed E-state index contributed by atoms with van der Waals surface area (Å²) in [6, 6.07) is 15.9. The van der Waals surface area contributed by atoms with Crippen LogP contribution in [0.25, 0.3) is 0 Å². The van der Waals surface area contributed by atoms with Gasteiger partial charge in [-0.3, -0.25) is 9.59 Å². The summed E-state index contributed by atoms with van der Waals surface area (Å²) in [6.45, 7) is 1.80. The van der Waals surface area contributed by atoms with Gasteiger partial charge in [-0.15, -0.1) is 11.3 Å². The van der Waals surface area contributed by atoms with Crippen LogP contribution in [0.5, 0.6) is 0 Å². The van der Waals surface area contributed by atoms with Crippen LogP contribution in [0.1, 0.15) is 27.7 Å². The number of thiophene rings is 1. The monoisotopic (exact) mass is 434 g/mol. The van der Waals surface area contributed by atoms with Crippen LogP contribution in [-0.2, 0) is 6.54 Å². The first-order valence-corrected chi connectivity index (χ1v) is 11.2. The molecule has 5 rings (SSSR count). The largest absolute Gasteiger partial charge is 0.337 e. The van der Waals surface area contributed by atoms with Gasteiger partial charge in [-0.1, -0.05) is 24.3 Å². The summed E-state index contributed by atoms with van der Waals surface area (Å²) >= 11 is 1.46. The first-order chi connectivity index (χ1) is 15.1. The van der Waals surface area contributed by atoms with Gasteiger partial charge in [-0.25, -0.2) is 4.79 Å². The second-order valence-electron chi connectivity index (χ2n) is 8.02. The van der Waals surface area contributed by atoms with Gasteiger partial charge in [0.1, 0.15) is 5.69 Å². The molecule has 2 aliphatic rings. The lowest BCUT2D eigenvalue weighted by Crippen LogP contribution is -2.49. The van der Waals surface area contributed by atoms with E-state index in [-0.39, 0.29) is 29.0 Å². The first-order valence-electron chi connectivity index (χ1n) is 10.3. The van der Waals surface area contributed by atoms with Crippen LogP contribution in [0.3, 0.4) is 0 Å². The topological polar surface area (TPSA) is 83.4 Å². The highest BCUT2D eigenvalue weighted by molar-refractivity contribution is 7.12. The van der Waals surface area contributed by atoms with E-state index in [1.807, 2.05) is 46.7 Å². The maximum atomic E-state index is 13.1. The van der Waals surface area contributed by atoms with Gasteiger partial charge in [-0.05, 0) is 48.1 Å². The van der Waals surface area contributed by atoms with Gasteiger partial charge < -0.3 is 20.1 Å². The molecule has 31 heavy (non-hydrogen) atoms. The Balaban J connectivity index is 1.34. The van der Waals surface area contributed by atoms with Crippen LogP contribution >= 0.6 is 11.3 Å². The van der Waals surface area contributed by atoms with E-state index in [0.29, 0.717) is 25.3 Å². The van der Waals surface area contributed by atoms with E-state index in [1.165, 1.54) is 11.3 Å². The summed E-state index contributed by atoms with van der Waals surface area (Å²) in [5.74, 6) is 0.411. The number of pyridine rings is 1. The lowest BCUT2D eigenvalue weighted by Gasteiger charge is -2.42. The summed E-state index contributed by atoms with van der Waals surface area (Å²) in [5.41, 5.74) is 1.64. The van der Waals surface area contributed by atoms with Crippen molar-refractivity contribution in [2.45, 2.75) is 18.9 Å². The number of rotatable bonds is 3. The van der Waals surface area contributed by atoms with Crippen LogP contribution in [-0.4, -0.2) is 34.5 Å². The van der Waals surface area contributed by atoms with Crippen LogP contribution in [0.2, 0.25) is 0 Å². The Morgan fingerprint density at radius 1 is 0.935 bits per heavy atom. The predicted octanol–water partition coefficient (Wildman–Crippen LogP) is 3.81. The van der Waals surface area contributed by atoms with E-state index in [1.54, 1.807) is 22.8 Å². The summed E-state index contributed by atoms with van der Waals surface area (Å²) in [5, 5.41) is 7.31. The molecule has 2 aromatic heterocycles. The third kappa shape index (κ3) is 3.86. The molecule has 2 aliphatic heterocycles. The van der Waals surface area contributed by atoms with Gasteiger partial charge in [0, 0.05) is 36.9 Å². The number of fused-ring (bicyclic) bond motifs is 4. The van der Waals surface area contributed by atoms with E-state index in [2.05, 4.69) is 10.6 Å². The average molecular weight is 435 g/mol. The molecule has 1 aromatic carbocycles. The summed E-state index contributed by atoms with van der Waals surface area (Å²) in [4.78, 5) is 40.9. The minimum absolute atomic E-state index is 0.0661. The molecule has 8 heteroatoms. The Hall–Kier alpha value is -3.39. The number of aromatic nitrogens is 1. The second-order valence-corrected chi connectivity index (χ2v) is 8.97. The van der Waals surface area contributed by atoms with E-state index in [0.717, 1.165) is 17.0 Å². The summed E-state index contributed by atoms with van der Waals surface area (Å²) in [7, 11) is 0. The third-order valence-electron chi connectivity index (χ3n) is 5.90. The number of hydrogen-bond donors (Lipinski definition) is 2. The molecule has 1 saturated heterocycles. The van der Waals surface area contributed by atoms with Crippen molar-refractivity contribution in [3.05, 3.63) is 80.9 Å². The van der Waals surface area contributed by atoms with Crippen LogP contribution in [0, 0.1) is 5.92 Å². The van der Waals surface area contributed by atoms with E-state index in [9.17, 15) is 14.4 Å². The molecule has 2 unspecified atom stereocenters. The Morgan fingerprint density at radius 3 is 2.55 bits per heavy atom. The molecule has 2 bridgehead atoms. The minimum Gasteiger partial charge on any atom is -0.337 e. The van der Waals surface area contributed by atoms with Gasteiger partial charge in [0.05, 0.1) is 4.88 Å². The van der Waals surface area contributed by atoms with Crippen molar-refractivity contribution in [3.63, 3.8) is 0 Å². The number of amides is 3. The Morgan fingerprint density at radius 2 is 1.77 bits per heavy atom. The average Bonchev–Trinajstić information content (AvgIpc) is 3.31. The maximum Gasteiger partial charge on any atom is 0.323 e. The fraction of sp³-hybridized carbons (Fsp3) is 0.261. The van der Waals surface area contributed by atoms with Gasteiger partial charge in [-0.2, -0.15) is 0 Å². The van der Waals surface area contributed by atoms with Crippen molar-refractivity contribution in [3.8, 4) is 0 Å². The fourth-order valence-electron chi connectivity index (χ4n) is 4.57. The molecule has 158 valence electrons. The van der Waals surface area contributed by atoms with Crippen molar-refractivity contribution in [2.75, 3.05) is 23.7 Å². The normalized spacial score (nSPS) is 19.4. The summed E-state index contributed by atoms with van der Waals surface area (Å²) < 4.78 is 1.77. The number of nitrogens with one attached hydrogen (secondary N) is 2. The zero-order chi connectivity index (χ0) is 21.4. The third-order valence-corrected chi connectivity index (χ3v) is 6.76. The Labute approximate surface area is 183 Å². The highest BCUT2D eigenvalue weighted by Crippen LogP contribution is 2.36. The van der Waals surface area contributed by atoms with Crippen LogP contribution < -0.4 is 16.2 Å². The lowest BCUT2D eigenvalue weighted by atomic mass is 9.83. The first kappa shape index (κ1) is 19.6. The fourth-order valence-corrected chi connectivity index (χ4v) is 5.26. The molecule has 4 heterocycles. The molecule has 0 radical (unpaired) electrons. The number of benzene rings is 1. The molecular formula is C23H22N4O3S. The maximum absolute atomic E-state index is 13.1. The molecule has 7 nitrogen and oxygen atoms in total. The molecule has 0 saturated carbocycles. The number of anilines is 2. The summed E-state index contributed by atoms with van der Waals surface area (Å²) in [6.07, 6.45) is 0.967. The predicted molar refractivity (Wildman–Crippen MR) is 121 cm³/mol. The zero-order valence-corrected chi connectivity index (χ0v) is 17.6. The molecule has 1 fully saturated rings. The van der Waals surface area contributed by atoms with Gasteiger partial charge >= 0.3 is 6.03 Å². The second kappa shape index (κ2) is 8.03. The van der Waals surface area contributed by atoms with Crippen molar-refractivity contribution in [1.82, 2.24) is 9.47 Å². The highest BCUT2D eigenvalue weighted by Gasteiger charge is 2.37. The number of carbonyl (C=O) groups excluding carboxylic acids is 2. The van der Waals surface area contributed by atoms with Gasteiger partial charge in [0.15, 0.2) is 0 Å². The van der Waals surface area contributed by atoms with Gasteiger partial charge in [0.25, 0.3) is 11.5 Å². The minimum atomic E-state index is -0.451. The number of piperidine rings is 1. The number of nitrogens with zero attached hydrogens (tertiary/aromatic N) is 2. The Kier molecular flexibility index (Phi) is 5.07. The number of para-hydroxylation sites is 1. The van der Waals surface area contributed by atoms with Crippen LogP contribution in [0.15, 0.2) is 64.8 Å². The van der Waals surface area contributed by atoms with E-state index in [4.69, 9.17) is 0 Å². The molecule has 0 spiro atoms. The Bertz CT molecular complexity index is 1170. The smallest absolute Gasteiger partial charge is 0.323 e. The van der Waals surface area contributed by atoms with Crippen molar-refractivity contribution < 1.29 is 9.59 Å². The zero-order valence-electron chi connectivity index (χ0n) is 16.8. The van der Waals surface area contributed by atoms with Crippen LogP contribution in [0.4, 0.5) is 16.2 Å². The molecule has 2 N–H and O–H groups in total. The van der Waals surface area contributed by atoms with Crippen molar-refractivity contribution in [1.29, 1.82) is 0 Å². The quantitative estimate of drug-likeness (QED) is 0.658. The molecular weight excluding hydrogens is 412 g/mol. The number of likely N-dealkylation sites (tertiary alicyclic amines) is 1. The lowest BCUT2D eigenvalue weighted by molar-refractivity contribution is 0.0599. The number of urea groups is 1. The highest BCUT2D eigenvalue weighted by atomic mass is 32.1. The molecule has 3 aromatic rings. The van der Waals surface area contributed by atoms with E-state index >= 15 is 0 Å². The van der Waals surface area contributed by atoms with Gasteiger partial charge in [0.2, 0.25) is 0 Å². The molecule has 3 amide bonds. The number of carbonyl (C=O) groups is 2. The van der Waals surface area contributed by atoms with Crippen molar-refractivity contribution in [2.24, 2.45) is 5.92 Å². The SMILES string of the molecule is O=C(Nc1ccccc1)Nc1ccc2n(c1=O)CC1CC2CN(C(=O)c2cccs2)C1. The van der Waals surface area contributed by atoms with E-state index < -0.39 is 6.03 Å². The standard InChI is InChI=1S/C23H22N4O3S/c28-21-18(25-23(30)24-17-5-2-1-3-6-17)8-9-19-16-11-15(13-27(19)21)12-26(14-16)22(29)20-7-4-10-31-20/h1-10,15-16H,11-14H2,(H2,24,25,30). The molecule has 2 atom stereocenters. The molecule has 0 aliphatic carbocycles. The van der Waals surface area contributed by atoms with Crippen molar-refractivity contribution >= 4 is 34.6 Å². The number of hydrogen-bond acceptors (Lipinski definition) is 4.